The van der Waals surface area contributed by atoms with Gasteiger partial charge in [-0.1, -0.05) is 11.6 Å². The van der Waals surface area contributed by atoms with Gasteiger partial charge in [-0.25, -0.2) is 4.98 Å². The van der Waals surface area contributed by atoms with E-state index < -0.39 is 0 Å². The fourth-order valence-corrected chi connectivity index (χ4v) is 3.55. The molecule has 0 radical (unpaired) electrons. The van der Waals surface area contributed by atoms with Crippen LogP contribution >= 0.6 is 38.9 Å². The largest absolute Gasteiger partial charge is 0.484 e. The van der Waals surface area contributed by atoms with Crippen LogP contribution in [0.2, 0.25) is 5.02 Å². The number of hydrogen-bond donors (Lipinski definition) is 0. The average Bonchev–Trinajstić information content (AvgIpc) is 2.60. The molecule has 82 valence electrons. The number of rotatable bonds is 0. The summed E-state index contributed by atoms with van der Waals surface area (Å²) in [5.41, 5.74) is 2.06. The number of ether oxygens (including phenoxy) is 1. The summed E-state index contributed by atoms with van der Waals surface area (Å²) in [4.78, 5) is 5.59. The van der Waals surface area contributed by atoms with E-state index >= 15 is 0 Å². The zero-order chi connectivity index (χ0) is 11.3. The molecule has 2 heterocycles. The minimum Gasteiger partial charge on any atom is -0.484 e. The zero-order valence-corrected chi connectivity index (χ0v) is 11.5. The zero-order valence-electron chi connectivity index (χ0n) is 8.33. The second-order valence-corrected chi connectivity index (χ2v) is 6.29. The van der Waals surface area contributed by atoms with Gasteiger partial charge in [0, 0.05) is 10.6 Å². The number of thiazole rings is 1. The first kappa shape index (κ1) is 10.6. The lowest BCUT2D eigenvalue weighted by atomic mass is 10.1. The van der Waals surface area contributed by atoms with Crippen LogP contribution in [0.15, 0.2) is 22.1 Å². The molecule has 5 heteroatoms. The molecule has 0 spiro atoms. The molecule has 0 aliphatic carbocycles. The Morgan fingerprint density at radius 1 is 1.50 bits per heavy atom. The van der Waals surface area contributed by atoms with Crippen molar-refractivity contribution in [2.45, 2.75) is 13.0 Å². The minimum absolute atomic E-state index is 0.0245. The monoisotopic (exact) mass is 315 g/mol. The number of hydrogen-bond acceptors (Lipinski definition) is 3. The Labute approximate surface area is 110 Å². The van der Waals surface area contributed by atoms with E-state index in [9.17, 15) is 0 Å². The minimum atomic E-state index is -0.0245. The highest BCUT2D eigenvalue weighted by Crippen LogP contribution is 2.46. The first-order valence-electron chi connectivity index (χ1n) is 4.78. The molecule has 0 saturated heterocycles. The van der Waals surface area contributed by atoms with Crippen molar-refractivity contribution in [3.63, 3.8) is 0 Å². The van der Waals surface area contributed by atoms with Gasteiger partial charge < -0.3 is 4.74 Å². The van der Waals surface area contributed by atoms with Crippen LogP contribution in [-0.2, 0) is 0 Å². The normalized spacial score (nSPS) is 17.6. The summed E-state index contributed by atoms with van der Waals surface area (Å²) >= 11 is 11.0. The molecule has 1 aliphatic rings. The van der Waals surface area contributed by atoms with E-state index in [1.807, 2.05) is 25.1 Å². The summed E-state index contributed by atoms with van der Waals surface area (Å²) in [5.74, 6) is 0.837. The average molecular weight is 317 g/mol. The molecule has 3 rings (SSSR count). The number of halogens is 2. The third-order valence-electron chi connectivity index (χ3n) is 2.50. The van der Waals surface area contributed by atoms with E-state index in [0.29, 0.717) is 5.02 Å². The van der Waals surface area contributed by atoms with Crippen molar-refractivity contribution in [3.05, 3.63) is 32.8 Å². The summed E-state index contributed by atoms with van der Waals surface area (Å²) in [6.07, 6.45) is -0.0245. The van der Waals surface area contributed by atoms with Gasteiger partial charge in [-0.2, -0.15) is 0 Å². The SMILES string of the molecule is CC1Oc2cc(Cl)ccc2-c2sc(Br)nc21. The van der Waals surface area contributed by atoms with Crippen molar-refractivity contribution in [1.29, 1.82) is 0 Å². The van der Waals surface area contributed by atoms with Gasteiger partial charge >= 0.3 is 0 Å². The molecule has 0 fully saturated rings. The van der Waals surface area contributed by atoms with Crippen molar-refractivity contribution >= 4 is 38.9 Å². The molecule has 1 atom stereocenters. The summed E-state index contributed by atoms with van der Waals surface area (Å²) in [7, 11) is 0. The molecule has 0 bridgehead atoms. The molecular weight excluding hydrogens is 310 g/mol. The highest BCUT2D eigenvalue weighted by molar-refractivity contribution is 9.11. The molecule has 16 heavy (non-hydrogen) atoms. The van der Waals surface area contributed by atoms with Crippen molar-refractivity contribution in [2.24, 2.45) is 0 Å². The predicted octanol–water partition coefficient (Wildman–Crippen LogP) is 4.68. The van der Waals surface area contributed by atoms with Crippen molar-refractivity contribution in [1.82, 2.24) is 4.98 Å². The predicted molar refractivity (Wildman–Crippen MR) is 69.3 cm³/mol. The molecule has 1 aromatic heterocycles. The number of nitrogens with zero attached hydrogens (tertiary/aromatic N) is 1. The molecule has 0 N–H and O–H groups in total. The second kappa shape index (κ2) is 3.72. The first-order chi connectivity index (χ1) is 7.65. The maximum Gasteiger partial charge on any atom is 0.160 e. The van der Waals surface area contributed by atoms with Crippen molar-refractivity contribution in [3.8, 4) is 16.2 Å². The quantitative estimate of drug-likeness (QED) is 0.704. The molecule has 2 nitrogen and oxygen atoms in total. The van der Waals surface area contributed by atoms with Crippen LogP contribution in [-0.4, -0.2) is 4.98 Å². The van der Waals surface area contributed by atoms with E-state index in [2.05, 4.69) is 20.9 Å². The molecule has 1 unspecified atom stereocenters. The summed E-state index contributed by atoms with van der Waals surface area (Å²) in [5, 5.41) is 0.693. The van der Waals surface area contributed by atoms with Gasteiger partial charge in [0.15, 0.2) is 3.92 Å². The van der Waals surface area contributed by atoms with Crippen LogP contribution in [0, 0.1) is 0 Å². The van der Waals surface area contributed by atoms with Crippen LogP contribution < -0.4 is 4.74 Å². The maximum atomic E-state index is 5.96. The standard InChI is InChI=1S/C11H7BrClNOS/c1-5-9-10(16-11(12)14-9)7-3-2-6(13)4-8(7)15-5/h2-5H,1H3. The molecule has 0 amide bonds. The third-order valence-corrected chi connectivity index (χ3v) is 4.30. The lowest BCUT2D eigenvalue weighted by molar-refractivity contribution is 0.219. The van der Waals surface area contributed by atoms with Gasteiger partial charge in [-0.3, -0.25) is 0 Å². The van der Waals surface area contributed by atoms with Crippen LogP contribution in [0.4, 0.5) is 0 Å². The van der Waals surface area contributed by atoms with E-state index in [1.54, 1.807) is 11.3 Å². The highest BCUT2D eigenvalue weighted by Gasteiger charge is 2.26. The Balaban J connectivity index is 2.27. The van der Waals surface area contributed by atoms with Crippen molar-refractivity contribution in [2.75, 3.05) is 0 Å². The maximum absolute atomic E-state index is 5.96. The highest BCUT2D eigenvalue weighted by atomic mass is 79.9. The van der Waals surface area contributed by atoms with Crippen molar-refractivity contribution < 1.29 is 4.74 Å². The van der Waals surface area contributed by atoms with Crippen LogP contribution in [0.25, 0.3) is 10.4 Å². The van der Waals surface area contributed by atoms with Gasteiger partial charge in [0.05, 0.1) is 4.88 Å². The number of fused-ring (bicyclic) bond motifs is 3. The lowest BCUT2D eigenvalue weighted by Gasteiger charge is -2.22. The van der Waals surface area contributed by atoms with Crippen LogP contribution in [0.1, 0.15) is 18.7 Å². The van der Waals surface area contributed by atoms with Gasteiger partial charge in [0.25, 0.3) is 0 Å². The topological polar surface area (TPSA) is 22.1 Å². The molecule has 0 saturated carbocycles. The Morgan fingerprint density at radius 2 is 2.31 bits per heavy atom. The fraction of sp³-hybridized carbons (Fsp3) is 0.182. The summed E-state index contributed by atoms with van der Waals surface area (Å²) in [6, 6.07) is 5.70. The molecule has 2 aromatic rings. The Bertz CT molecular complexity index is 569. The molecular formula is C11H7BrClNOS. The number of aromatic nitrogens is 1. The summed E-state index contributed by atoms with van der Waals surface area (Å²) < 4.78 is 6.68. The Hall–Kier alpha value is -0.580. The Morgan fingerprint density at radius 3 is 3.12 bits per heavy atom. The molecule has 1 aromatic carbocycles. The van der Waals surface area contributed by atoms with Crippen LogP contribution in [0.5, 0.6) is 5.75 Å². The first-order valence-corrected chi connectivity index (χ1v) is 6.76. The number of benzene rings is 1. The van der Waals surface area contributed by atoms with E-state index in [1.165, 1.54) is 0 Å². The van der Waals surface area contributed by atoms with Gasteiger partial charge in [0.1, 0.15) is 17.5 Å². The van der Waals surface area contributed by atoms with E-state index in [-0.39, 0.29) is 6.10 Å². The Kier molecular flexibility index (Phi) is 2.46. The van der Waals surface area contributed by atoms with E-state index in [4.69, 9.17) is 16.3 Å². The van der Waals surface area contributed by atoms with Crippen LogP contribution in [0.3, 0.4) is 0 Å². The van der Waals surface area contributed by atoms with Gasteiger partial charge in [-0.15, -0.1) is 11.3 Å². The van der Waals surface area contributed by atoms with Gasteiger partial charge in [0.2, 0.25) is 0 Å². The second-order valence-electron chi connectivity index (χ2n) is 3.58. The summed E-state index contributed by atoms with van der Waals surface area (Å²) in [6.45, 7) is 1.99. The van der Waals surface area contributed by atoms with E-state index in [0.717, 1.165) is 25.8 Å². The van der Waals surface area contributed by atoms with Gasteiger partial charge in [-0.05, 0) is 41.1 Å². The molecule has 1 aliphatic heterocycles. The lowest BCUT2D eigenvalue weighted by Crippen LogP contribution is -2.10. The third kappa shape index (κ3) is 1.56. The fourth-order valence-electron chi connectivity index (χ4n) is 1.80. The smallest absolute Gasteiger partial charge is 0.160 e.